The third-order valence-corrected chi connectivity index (χ3v) is 4.67. The molecular weight excluding hydrogens is 412 g/mol. The molecule has 0 spiro atoms. The summed E-state index contributed by atoms with van der Waals surface area (Å²) < 4.78 is 10.6. The van der Waals surface area contributed by atoms with Crippen molar-refractivity contribution in [3.8, 4) is 23.0 Å². The molecule has 3 aromatic heterocycles. The number of aryl methyl sites for hydroxylation is 1. The molecule has 2 aromatic carbocycles. The van der Waals surface area contributed by atoms with E-state index in [4.69, 9.17) is 9.15 Å². The number of ether oxygens (including phenoxy) is 1. The fourth-order valence-electron chi connectivity index (χ4n) is 3.12. The minimum Gasteiger partial charge on any atom is -0.497 e. The van der Waals surface area contributed by atoms with Gasteiger partial charge in [0.1, 0.15) is 29.1 Å². The van der Waals surface area contributed by atoms with Crippen molar-refractivity contribution < 1.29 is 13.9 Å². The first-order chi connectivity index (χ1) is 15.6. The second-order valence-corrected chi connectivity index (χ2v) is 6.99. The Morgan fingerprint density at radius 1 is 1.03 bits per heavy atom. The summed E-state index contributed by atoms with van der Waals surface area (Å²) >= 11 is 0. The van der Waals surface area contributed by atoms with E-state index in [0.717, 1.165) is 17.2 Å². The lowest BCUT2D eigenvalue weighted by molar-refractivity contribution is -0.117. The number of tetrazole rings is 1. The fourth-order valence-corrected chi connectivity index (χ4v) is 3.12. The predicted molar refractivity (Wildman–Crippen MR) is 114 cm³/mol. The molecule has 0 aliphatic heterocycles. The average Bonchev–Trinajstić information content (AvgIpc) is 3.53. The molecule has 0 saturated heterocycles. The van der Waals surface area contributed by atoms with Crippen LogP contribution in [-0.2, 0) is 11.3 Å². The number of carbonyl (C=O) groups is 1. The van der Waals surface area contributed by atoms with Crippen LogP contribution in [0.3, 0.4) is 0 Å². The van der Waals surface area contributed by atoms with Crippen molar-refractivity contribution in [2.24, 2.45) is 0 Å². The van der Waals surface area contributed by atoms with E-state index in [2.05, 4.69) is 30.9 Å². The van der Waals surface area contributed by atoms with Gasteiger partial charge >= 0.3 is 0 Å². The van der Waals surface area contributed by atoms with E-state index in [1.54, 1.807) is 31.4 Å². The summed E-state index contributed by atoms with van der Waals surface area (Å²) in [5, 5.41) is 23.8. The first-order valence-electron chi connectivity index (χ1n) is 9.73. The lowest BCUT2D eigenvalue weighted by atomic mass is 10.3. The summed E-state index contributed by atoms with van der Waals surface area (Å²) in [4.78, 5) is 15.2. The first kappa shape index (κ1) is 19.4. The molecule has 3 heterocycles. The van der Waals surface area contributed by atoms with Crippen LogP contribution in [0.5, 0.6) is 5.75 Å². The van der Waals surface area contributed by atoms with Gasteiger partial charge < -0.3 is 14.5 Å². The number of anilines is 1. The van der Waals surface area contributed by atoms with Crippen molar-refractivity contribution in [1.82, 2.24) is 35.2 Å². The first-order valence-corrected chi connectivity index (χ1v) is 9.73. The molecule has 0 aliphatic carbocycles. The number of carbonyl (C=O) groups excluding carboxylic acids is 1. The van der Waals surface area contributed by atoms with Crippen molar-refractivity contribution in [3.05, 3.63) is 60.4 Å². The fraction of sp³-hybridized carbons (Fsp3) is 0.143. The van der Waals surface area contributed by atoms with Crippen LogP contribution >= 0.6 is 0 Å². The number of hydrogen-bond donors (Lipinski definition) is 1. The van der Waals surface area contributed by atoms with Gasteiger partial charge in [0.25, 0.3) is 0 Å². The molecule has 0 radical (unpaired) electrons. The molecule has 11 heteroatoms. The quantitative estimate of drug-likeness (QED) is 0.436. The van der Waals surface area contributed by atoms with E-state index >= 15 is 0 Å². The maximum Gasteiger partial charge on any atom is 0.248 e. The van der Waals surface area contributed by atoms with Crippen LogP contribution in [0.15, 0.2) is 59.0 Å². The maximum absolute atomic E-state index is 12.4. The van der Waals surface area contributed by atoms with Gasteiger partial charge in [-0.05, 0) is 66.7 Å². The molecule has 0 saturated carbocycles. The second kappa shape index (κ2) is 7.95. The standard InChI is InChI=1S/C21H18N8O3/c1-13-3-10-19(32-13)21-23-27-28(26-21)12-20(30)22-14-4-9-17-18(11-14)25-29(24-17)15-5-7-16(31-2)8-6-15/h3-11H,12H2,1-2H3,(H,22,30). The summed E-state index contributed by atoms with van der Waals surface area (Å²) in [6.07, 6.45) is 0. The number of nitrogens with one attached hydrogen (secondary N) is 1. The summed E-state index contributed by atoms with van der Waals surface area (Å²) in [7, 11) is 1.61. The molecule has 0 bridgehead atoms. The lowest BCUT2D eigenvalue weighted by Crippen LogP contribution is -2.20. The zero-order valence-electron chi connectivity index (χ0n) is 17.3. The smallest absolute Gasteiger partial charge is 0.248 e. The number of furan rings is 1. The summed E-state index contributed by atoms with van der Waals surface area (Å²) in [6, 6.07) is 16.3. The Morgan fingerprint density at radius 2 is 1.84 bits per heavy atom. The number of fused-ring (bicyclic) bond motifs is 1. The molecule has 1 amide bonds. The van der Waals surface area contributed by atoms with Gasteiger partial charge in [-0.25, -0.2) is 0 Å². The van der Waals surface area contributed by atoms with E-state index in [1.807, 2.05) is 37.3 Å². The Bertz CT molecular complexity index is 1400. The molecule has 160 valence electrons. The molecule has 32 heavy (non-hydrogen) atoms. The SMILES string of the molecule is COc1ccc(-n2nc3ccc(NC(=O)Cn4nnc(-c5ccc(C)o5)n4)cc3n2)cc1. The normalized spacial score (nSPS) is 11.1. The highest BCUT2D eigenvalue weighted by molar-refractivity contribution is 5.92. The van der Waals surface area contributed by atoms with Crippen LogP contribution in [-0.4, -0.2) is 48.2 Å². The van der Waals surface area contributed by atoms with Gasteiger partial charge in [-0.3, -0.25) is 4.79 Å². The molecule has 5 aromatic rings. The Morgan fingerprint density at radius 3 is 2.59 bits per heavy atom. The van der Waals surface area contributed by atoms with E-state index in [-0.39, 0.29) is 12.5 Å². The van der Waals surface area contributed by atoms with Crippen molar-refractivity contribution >= 4 is 22.6 Å². The van der Waals surface area contributed by atoms with Crippen LogP contribution in [0.4, 0.5) is 5.69 Å². The molecule has 0 aliphatic rings. The van der Waals surface area contributed by atoms with Crippen LogP contribution in [0.2, 0.25) is 0 Å². The second-order valence-electron chi connectivity index (χ2n) is 6.99. The Labute approximate surface area is 181 Å². The zero-order chi connectivity index (χ0) is 22.1. The van der Waals surface area contributed by atoms with Gasteiger partial charge in [0.2, 0.25) is 11.7 Å². The van der Waals surface area contributed by atoms with E-state index in [9.17, 15) is 4.79 Å². The van der Waals surface area contributed by atoms with Crippen LogP contribution < -0.4 is 10.1 Å². The number of amides is 1. The van der Waals surface area contributed by atoms with E-state index in [1.165, 1.54) is 9.59 Å². The molecule has 0 atom stereocenters. The van der Waals surface area contributed by atoms with Gasteiger partial charge in [-0.2, -0.15) is 9.59 Å². The minimum atomic E-state index is -0.300. The number of aromatic nitrogens is 7. The van der Waals surface area contributed by atoms with Crippen molar-refractivity contribution in [2.45, 2.75) is 13.5 Å². The number of hydrogen-bond acceptors (Lipinski definition) is 8. The molecular formula is C21H18N8O3. The third-order valence-electron chi connectivity index (χ3n) is 4.67. The van der Waals surface area contributed by atoms with Crippen molar-refractivity contribution in [1.29, 1.82) is 0 Å². The third kappa shape index (κ3) is 3.90. The Kier molecular flexibility index (Phi) is 4.82. The number of rotatable bonds is 6. The van der Waals surface area contributed by atoms with Crippen LogP contribution in [0, 0.1) is 6.92 Å². The summed E-state index contributed by atoms with van der Waals surface area (Å²) in [6.45, 7) is 1.73. The van der Waals surface area contributed by atoms with Gasteiger partial charge in [0, 0.05) is 5.69 Å². The van der Waals surface area contributed by atoms with Crippen LogP contribution in [0.25, 0.3) is 28.3 Å². The largest absolute Gasteiger partial charge is 0.497 e. The Hall–Kier alpha value is -4.54. The molecule has 1 N–H and O–H groups in total. The number of nitrogens with zero attached hydrogens (tertiary/aromatic N) is 7. The number of benzene rings is 2. The van der Waals surface area contributed by atoms with E-state index in [0.29, 0.717) is 28.3 Å². The van der Waals surface area contributed by atoms with Gasteiger partial charge in [0.05, 0.1) is 12.8 Å². The maximum atomic E-state index is 12.4. The van der Waals surface area contributed by atoms with Crippen LogP contribution in [0.1, 0.15) is 5.76 Å². The highest BCUT2D eigenvalue weighted by Gasteiger charge is 2.13. The summed E-state index contributed by atoms with van der Waals surface area (Å²) in [5.74, 6) is 2.02. The van der Waals surface area contributed by atoms with E-state index < -0.39 is 0 Å². The lowest BCUT2D eigenvalue weighted by Gasteiger charge is -2.03. The molecule has 0 fully saturated rings. The van der Waals surface area contributed by atoms with Gasteiger partial charge in [0.15, 0.2) is 5.76 Å². The average molecular weight is 430 g/mol. The van der Waals surface area contributed by atoms with Gasteiger partial charge in [-0.15, -0.1) is 20.4 Å². The highest BCUT2D eigenvalue weighted by Crippen LogP contribution is 2.19. The van der Waals surface area contributed by atoms with Crippen molar-refractivity contribution in [3.63, 3.8) is 0 Å². The van der Waals surface area contributed by atoms with Gasteiger partial charge in [-0.1, -0.05) is 0 Å². The molecule has 0 unspecified atom stereocenters. The summed E-state index contributed by atoms with van der Waals surface area (Å²) in [5.41, 5.74) is 2.74. The highest BCUT2D eigenvalue weighted by atomic mass is 16.5. The zero-order valence-corrected chi connectivity index (χ0v) is 17.3. The number of methoxy groups -OCH3 is 1. The monoisotopic (exact) mass is 430 g/mol. The molecule has 5 rings (SSSR count). The Balaban J connectivity index is 1.28. The topological polar surface area (TPSA) is 126 Å². The minimum absolute atomic E-state index is 0.0940. The predicted octanol–water partition coefficient (Wildman–Crippen LogP) is 2.62. The molecule has 11 nitrogen and oxygen atoms in total. The van der Waals surface area contributed by atoms with Crippen molar-refractivity contribution in [2.75, 3.05) is 12.4 Å².